The highest BCUT2D eigenvalue weighted by molar-refractivity contribution is 4.74. The summed E-state index contributed by atoms with van der Waals surface area (Å²) in [5.74, 6) is 0. The minimum atomic E-state index is 0.338. The second-order valence-corrected chi connectivity index (χ2v) is 3.55. The Bertz CT molecular complexity index is 116. The van der Waals surface area contributed by atoms with Crippen LogP contribution in [0.1, 0.15) is 39.5 Å². The van der Waals surface area contributed by atoms with Crippen LogP contribution in [0, 0.1) is 0 Å². The molecule has 3 atom stereocenters. The largest absolute Gasteiger partial charge is 0.375 e. The van der Waals surface area contributed by atoms with E-state index in [1.807, 2.05) is 0 Å². The molecule has 1 aliphatic heterocycles. The maximum absolute atomic E-state index is 5.82. The van der Waals surface area contributed by atoms with Crippen LogP contribution in [0.25, 0.3) is 0 Å². The number of hydrogen-bond donors (Lipinski definition) is 1. The third-order valence-corrected chi connectivity index (χ3v) is 2.41. The van der Waals surface area contributed by atoms with Gasteiger partial charge >= 0.3 is 0 Å². The summed E-state index contributed by atoms with van der Waals surface area (Å²) < 4.78 is 5.65. The number of rotatable bonds is 3. The molecule has 0 aliphatic carbocycles. The molecule has 1 heterocycles. The standard InChI is InChI=1S/C9H19NO/c1-3-8(10)6-9-5-4-7(2)11-9/h7-9H,3-6,10H2,1-2H3. The third-order valence-electron chi connectivity index (χ3n) is 2.41. The van der Waals surface area contributed by atoms with Gasteiger partial charge in [-0.1, -0.05) is 6.92 Å². The van der Waals surface area contributed by atoms with Gasteiger partial charge in [-0.05, 0) is 32.6 Å². The maximum Gasteiger partial charge on any atom is 0.0594 e. The Hall–Kier alpha value is -0.0800. The molecule has 0 spiro atoms. The fourth-order valence-corrected chi connectivity index (χ4v) is 1.56. The Balaban J connectivity index is 2.17. The van der Waals surface area contributed by atoms with Crippen LogP contribution in [0.5, 0.6) is 0 Å². The summed E-state index contributed by atoms with van der Waals surface area (Å²) in [7, 11) is 0. The van der Waals surface area contributed by atoms with E-state index in [0.29, 0.717) is 18.2 Å². The lowest BCUT2D eigenvalue weighted by molar-refractivity contribution is 0.0468. The molecule has 0 aromatic carbocycles. The van der Waals surface area contributed by atoms with E-state index in [9.17, 15) is 0 Å². The van der Waals surface area contributed by atoms with Gasteiger partial charge in [0.2, 0.25) is 0 Å². The van der Waals surface area contributed by atoms with Crippen molar-refractivity contribution < 1.29 is 4.74 Å². The Morgan fingerprint density at radius 2 is 2.27 bits per heavy atom. The van der Waals surface area contributed by atoms with Crippen LogP contribution in [0.4, 0.5) is 0 Å². The maximum atomic E-state index is 5.82. The molecule has 1 fully saturated rings. The van der Waals surface area contributed by atoms with Crippen LogP contribution in [0.2, 0.25) is 0 Å². The van der Waals surface area contributed by atoms with E-state index in [-0.39, 0.29) is 0 Å². The SMILES string of the molecule is CCC(N)CC1CCC(C)O1. The molecular weight excluding hydrogens is 138 g/mol. The quantitative estimate of drug-likeness (QED) is 0.676. The van der Waals surface area contributed by atoms with Crippen LogP contribution in [0.15, 0.2) is 0 Å². The number of ether oxygens (including phenoxy) is 1. The van der Waals surface area contributed by atoms with Gasteiger partial charge in [-0.25, -0.2) is 0 Å². The van der Waals surface area contributed by atoms with E-state index in [2.05, 4.69) is 13.8 Å². The highest BCUT2D eigenvalue weighted by Gasteiger charge is 2.22. The second-order valence-electron chi connectivity index (χ2n) is 3.55. The first-order valence-electron chi connectivity index (χ1n) is 4.63. The molecule has 0 saturated carbocycles. The molecule has 0 aromatic heterocycles. The Morgan fingerprint density at radius 1 is 1.55 bits per heavy atom. The van der Waals surface area contributed by atoms with Crippen LogP contribution in [-0.4, -0.2) is 18.2 Å². The Labute approximate surface area is 69.1 Å². The predicted octanol–water partition coefficient (Wildman–Crippen LogP) is 1.68. The summed E-state index contributed by atoms with van der Waals surface area (Å²) in [6.45, 7) is 4.26. The topological polar surface area (TPSA) is 35.2 Å². The van der Waals surface area contributed by atoms with Gasteiger partial charge in [-0.2, -0.15) is 0 Å². The summed E-state index contributed by atoms with van der Waals surface area (Å²) in [5, 5.41) is 0. The van der Waals surface area contributed by atoms with Crippen molar-refractivity contribution in [1.29, 1.82) is 0 Å². The van der Waals surface area contributed by atoms with Gasteiger partial charge in [-0.15, -0.1) is 0 Å². The van der Waals surface area contributed by atoms with Crippen molar-refractivity contribution in [3.05, 3.63) is 0 Å². The van der Waals surface area contributed by atoms with Gasteiger partial charge in [-0.3, -0.25) is 0 Å². The highest BCUT2D eigenvalue weighted by atomic mass is 16.5. The van der Waals surface area contributed by atoms with E-state index in [1.54, 1.807) is 0 Å². The molecule has 1 aliphatic rings. The molecular formula is C9H19NO. The molecule has 2 nitrogen and oxygen atoms in total. The molecule has 1 rings (SSSR count). The molecule has 0 amide bonds. The van der Waals surface area contributed by atoms with Crippen molar-refractivity contribution in [3.63, 3.8) is 0 Å². The molecule has 0 aromatic rings. The lowest BCUT2D eigenvalue weighted by Gasteiger charge is -2.14. The zero-order valence-corrected chi connectivity index (χ0v) is 7.55. The molecule has 66 valence electrons. The average Bonchev–Trinajstić information content (AvgIpc) is 2.35. The highest BCUT2D eigenvalue weighted by Crippen LogP contribution is 2.22. The first kappa shape index (κ1) is 9.01. The monoisotopic (exact) mass is 157 g/mol. The summed E-state index contributed by atoms with van der Waals surface area (Å²) >= 11 is 0. The normalized spacial score (nSPS) is 34.1. The summed E-state index contributed by atoms with van der Waals surface area (Å²) in [6, 6.07) is 0.338. The zero-order valence-electron chi connectivity index (χ0n) is 7.55. The van der Waals surface area contributed by atoms with E-state index in [4.69, 9.17) is 10.5 Å². The number of hydrogen-bond acceptors (Lipinski definition) is 2. The smallest absolute Gasteiger partial charge is 0.0594 e. The van der Waals surface area contributed by atoms with Crippen molar-refractivity contribution in [1.82, 2.24) is 0 Å². The minimum Gasteiger partial charge on any atom is -0.375 e. The molecule has 11 heavy (non-hydrogen) atoms. The van der Waals surface area contributed by atoms with Crippen molar-refractivity contribution in [2.24, 2.45) is 5.73 Å². The van der Waals surface area contributed by atoms with Crippen LogP contribution >= 0.6 is 0 Å². The number of nitrogens with two attached hydrogens (primary N) is 1. The van der Waals surface area contributed by atoms with Gasteiger partial charge in [0.15, 0.2) is 0 Å². The molecule has 1 saturated heterocycles. The fourth-order valence-electron chi connectivity index (χ4n) is 1.56. The Kier molecular flexibility index (Phi) is 3.34. The van der Waals surface area contributed by atoms with Gasteiger partial charge in [0.25, 0.3) is 0 Å². The van der Waals surface area contributed by atoms with Gasteiger partial charge in [0, 0.05) is 6.04 Å². The van der Waals surface area contributed by atoms with Crippen molar-refractivity contribution in [3.8, 4) is 0 Å². The Morgan fingerprint density at radius 3 is 2.73 bits per heavy atom. The van der Waals surface area contributed by atoms with E-state index in [1.165, 1.54) is 12.8 Å². The average molecular weight is 157 g/mol. The van der Waals surface area contributed by atoms with Crippen molar-refractivity contribution in [2.45, 2.75) is 57.8 Å². The van der Waals surface area contributed by atoms with E-state index in [0.717, 1.165) is 12.8 Å². The van der Waals surface area contributed by atoms with Crippen molar-refractivity contribution in [2.75, 3.05) is 0 Å². The fraction of sp³-hybridized carbons (Fsp3) is 1.00. The van der Waals surface area contributed by atoms with E-state index >= 15 is 0 Å². The molecule has 0 bridgehead atoms. The molecule has 2 N–H and O–H groups in total. The first-order chi connectivity index (χ1) is 5.22. The van der Waals surface area contributed by atoms with Crippen molar-refractivity contribution >= 4 is 0 Å². The lowest BCUT2D eigenvalue weighted by atomic mass is 10.1. The van der Waals surface area contributed by atoms with Gasteiger partial charge in [0.1, 0.15) is 0 Å². The molecule has 3 unspecified atom stereocenters. The second kappa shape index (κ2) is 4.07. The molecule has 2 heteroatoms. The van der Waals surface area contributed by atoms with E-state index < -0.39 is 0 Å². The molecule has 0 radical (unpaired) electrons. The van der Waals surface area contributed by atoms with Gasteiger partial charge < -0.3 is 10.5 Å². The summed E-state index contributed by atoms with van der Waals surface area (Å²) in [5.41, 5.74) is 5.82. The van der Waals surface area contributed by atoms with Crippen LogP contribution < -0.4 is 5.73 Å². The predicted molar refractivity (Wildman–Crippen MR) is 46.5 cm³/mol. The first-order valence-corrected chi connectivity index (χ1v) is 4.63. The van der Waals surface area contributed by atoms with Crippen LogP contribution in [-0.2, 0) is 4.74 Å². The summed E-state index contributed by atoms with van der Waals surface area (Å²) in [4.78, 5) is 0. The third kappa shape index (κ3) is 2.80. The zero-order chi connectivity index (χ0) is 8.27. The lowest BCUT2D eigenvalue weighted by Crippen LogP contribution is -2.25. The minimum absolute atomic E-state index is 0.338. The van der Waals surface area contributed by atoms with Crippen LogP contribution in [0.3, 0.4) is 0 Å². The summed E-state index contributed by atoms with van der Waals surface area (Å²) in [6.07, 6.45) is 5.43. The van der Waals surface area contributed by atoms with Gasteiger partial charge in [0.05, 0.1) is 12.2 Å².